The first-order chi connectivity index (χ1) is 18.4. The van der Waals surface area contributed by atoms with Crippen molar-refractivity contribution in [3.8, 4) is 23.0 Å². The monoisotopic (exact) mass is 517 g/mol. The highest BCUT2D eigenvalue weighted by molar-refractivity contribution is 5.92. The van der Waals surface area contributed by atoms with Gasteiger partial charge < -0.3 is 14.7 Å². The SMILES string of the molecule is Cc1cccc(O)c1-c1ncc2c(N3CC4CCC(C4)C3)nc(OC[C@@]34CCCN3C[C@H](C)C4)nc2c1F. The number of phenolic OH excluding ortho intramolecular Hbond substituents is 1. The van der Waals surface area contributed by atoms with Gasteiger partial charge in [0.1, 0.15) is 29.4 Å². The van der Waals surface area contributed by atoms with Gasteiger partial charge in [-0.25, -0.2) is 4.39 Å². The van der Waals surface area contributed by atoms with Crippen LogP contribution in [0.2, 0.25) is 0 Å². The number of benzene rings is 1. The van der Waals surface area contributed by atoms with Crippen molar-refractivity contribution in [2.24, 2.45) is 17.8 Å². The second-order valence-electron chi connectivity index (χ2n) is 12.3. The molecular formula is C30H36FN5O2. The van der Waals surface area contributed by atoms with Gasteiger partial charge in [0.25, 0.3) is 0 Å². The van der Waals surface area contributed by atoms with Crippen LogP contribution in [-0.2, 0) is 0 Å². The molecule has 3 saturated heterocycles. The highest BCUT2D eigenvalue weighted by Gasteiger charge is 2.48. The zero-order valence-corrected chi connectivity index (χ0v) is 22.3. The summed E-state index contributed by atoms with van der Waals surface area (Å²) in [6, 6.07) is 5.39. The number of fused-ring (bicyclic) bond motifs is 4. The van der Waals surface area contributed by atoms with Crippen molar-refractivity contribution in [2.75, 3.05) is 37.7 Å². The molecule has 5 heterocycles. The van der Waals surface area contributed by atoms with Gasteiger partial charge in [-0.3, -0.25) is 9.88 Å². The minimum atomic E-state index is -0.546. The Morgan fingerprint density at radius 2 is 1.97 bits per heavy atom. The van der Waals surface area contributed by atoms with E-state index in [2.05, 4.69) is 26.7 Å². The van der Waals surface area contributed by atoms with Crippen molar-refractivity contribution in [1.82, 2.24) is 19.9 Å². The molecule has 2 unspecified atom stereocenters. The largest absolute Gasteiger partial charge is 0.507 e. The van der Waals surface area contributed by atoms with Crippen molar-refractivity contribution in [3.05, 3.63) is 35.8 Å². The third-order valence-electron chi connectivity index (χ3n) is 9.51. The van der Waals surface area contributed by atoms with Gasteiger partial charge in [-0.05, 0) is 81.4 Å². The van der Waals surface area contributed by atoms with Crippen LogP contribution in [-0.4, -0.2) is 63.3 Å². The van der Waals surface area contributed by atoms with E-state index >= 15 is 4.39 Å². The smallest absolute Gasteiger partial charge is 0.319 e. The zero-order chi connectivity index (χ0) is 26.0. The number of hydrogen-bond donors (Lipinski definition) is 1. The maximum absolute atomic E-state index is 16.3. The number of nitrogens with zero attached hydrogens (tertiary/aromatic N) is 5. The third kappa shape index (κ3) is 3.91. The quantitative estimate of drug-likeness (QED) is 0.490. The highest BCUT2D eigenvalue weighted by atomic mass is 19.1. The summed E-state index contributed by atoms with van der Waals surface area (Å²) < 4.78 is 22.6. The standard InChI is InChI=1S/C30H36FN5O2/c1-18-12-30(9-4-10-36(30)14-18)17-38-29-33-26-22(28(34-29)35-15-20-7-8-21(11-20)16-35)13-32-27(25(26)31)24-19(2)5-3-6-23(24)37/h3,5-6,13,18,20-21,37H,4,7-12,14-17H2,1-2H3/t18-,20?,21?,30+/m1/s1. The van der Waals surface area contributed by atoms with E-state index in [0.717, 1.165) is 44.6 Å². The van der Waals surface area contributed by atoms with Gasteiger partial charge >= 0.3 is 6.01 Å². The van der Waals surface area contributed by atoms with E-state index in [0.29, 0.717) is 41.1 Å². The number of aromatic nitrogens is 3. The molecule has 2 aromatic heterocycles. The molecule has 4 aliphatic rings. The van der Waals surface area contributed by atoms with Crippen molar-refractivity contribution in [2.45, 2.75) is 57.9 Å². The molecule has 0 spiro atoms. The Morgan fingerprint density at radius 1 is 1.16 bits per heavy atom. The van der Waals surface area contributed by atoms with Gasteiger partial charge in [0.15, 0.2) is 5.82 Å². The summed E-state index contributed by atoms with van der Waals surface area (Å²) in [4.78, 5) is 18.9. The van der Waals surface area contributed by atoms with Crippen LogP contribution in [0.1, 0.15) is 51.0 Å². The first kappa shape index (κ1) is 24.1. The van der Waals surface area contributed by atoms with E-state index in [1.807, 2.05) is 13.0 Å². The Morgan fingerprint density at radius 3 is 2.76 bits per heavy atom. The minimum Gasteiger partial charge on any atom is -0.507 e. The Balaban J connectivity index is 1.32. The normalized spacial score (nSPS) is 28.8. The summed E-state index contributed by atoms with van der Waals surface area (Å²) in [7, 11) is 0. The fourth-order valence-electron chi connectivity index (χ4n) is 7.86. The lowest BCUT2D eigenvalue weighted by Crippen LogP contribution is -2.43. The number of pyridine rings is 1. The first-order valence-electron chi connectivity index (χ1n) is 14.2. The fraction of sp³-hybridized carbons (Fsp3) is 0.567. The predicted molar refractivity (Wildman–Crippen MR) is 145 cm³/mol. The number of aryl methyl sites for hydroxylation is 1. The number of halogens is 1. The van der Waals surface area contributed by atoms with Crippen LogP contribution in [0.3, 0.4) is 0 Å². The van der Waals surface area contributed by atoms with E-state index in [-0.39, 0.29) is 28.5 Å². The molecule has 0 radical (unpaired) electrons. The van der Waals surface area contributed by atoms with Crippen LogP contribution < -0.4 is 9.64 Å². The Kier molecular flexibility index (Phi) is 5.73. The Hall–Kier alpha value is -3.00. The molecule has 38 heavy (non-hydrogen) atoms. The second-order valence-corrected chi connectivity index (χ2v) is 12.3. The molecule has 7 rings (SSSR count). The number of aromatic hydroxyl groups is 1. The van der Waals surface area contributed by atoms with Gasteiger partial charge in [0.05, 0.1) is 10.9 Å². The molecule has 1 aliphatic carbocycles. The lowest BCUT2D eigenvalue weighted by atomic mass is 9.92. The number of hydrogen-bond acceptors (Lipinski definition) is 7. The number of phenols is 1. The van der Waals surface area contributed by atoms with E-state index in [1.54, 1.807) is 18.3 Å². The molecule has 4 atom stereocenters. The summed E-state index contributed by atoms with van der Waals surface area (Å²) in [5.41, 5.74) is 1.48. The van der Waals surface area contributed by atoms with Gasteiger partial charge in [-0.1, -0.05) is 19.1 Å². The van der Waals surface area contributed by atoms with Crippen LogP contribution in [0.15, 0.2) is 24.4 Å². The van der Waals surface area contributed by atoms with E-state index in [9.17, 15) is 5.11 Å². The van der Waals surface area contributed by atoms with Gasteiger partial charge in [0, 0.05) is 31.4 Å². The van der Waals surface area contributed by atoms with E-state index in [4.69, 9.17) is 9.72 Å². The molecule has 3 aromatic rings. The van der Waals surface area contributed by atoms with Gasteiger partial charge in [0.2, 0.25) is 0 Å². The lowest BCUT2D eigenvalue weighted by Gasteiger charge is -2.34. The minimum absolute atomic E-state index is 0.00452. The molecule has 2 bridgehead atoms. The Labute approximate surface area is 223 Å². The molecule has 200 valence electrons. The number of piperidine rings is 1. The summed E-state index contributed by atoms with van der Waals surface area (Å²) >= 11 is 0. The van der Waals surface area contributed by atoms with Crippen LogP contribution in [0.25, 0.3) is 22.2 Å². The molecule has 1 saturated carbocycles. The van der Waals surface area contributed by atoms with Crippen LogP contribution in [0.5, 0.6) is 11.8 Å². The van der Waals surface area contributed by atoms with Crippen LogP contribution in [0.4, 0.5) is 10.2 Å². The van der Waals surface area contributed by atoms with E-state index in [1.165, 1.54) is 25.7 Å². The molecule has 7 nitrogen and oxygen atoms in total. The predicted octanol–water partition coefficient (Wildman–Crippen LogP) is 5.33. The molecule has 8 heteroatoms. The third-order valence-corrected chi connectivity index (χ3v) is 9.51. The van der Waals surface area contributed by atoms with Crippen molar-refractivity contribution in [1.29, 1.82) is 0 Å². The highest BCUT2D eigenvalue weighted by Crippen LogP contribution is 2.43. The zero-order valence-electron chi connectivity index (χ0n) is 22.3. The molecule has 0 amide bonds. The molecule has 3 aliphatic heterocycles. The van der Waals surface area contributed by atoms with Crippen molar-refractivity contribution >= 4 is 16.7 Å². The van der Waals surface area contributed by atoms with Gasteiger partial charge in [-0.15, -0.1) is 0 Å². The molecular weight excluding hydrogens is 481 g/mol. The second kappa shape index (κ2) is 9.04. The van der Waals surface area contributed by atoms with Gasteiger partial charge in [-0.2, -0.15) is 9.97 Å². The maximum Gasteiger partial charge on any atom is 0.319 e. The topological polar surface area (TPSA) is 74.6 Å². The Bertz CT molecular complexity index is 1370. The first-order valence-corrected chi connectivity index (χ1v) is 14.2. The summed E-state index contributed by atoms with van der Waals surface area (Å²) in [5.74, 6) is 2.11. The average molecular weight is 518 g/mol. The fourth-order valence-corrected chi connectivity index (χ4v) is 7.86. The summed E-state index contributed by atoms with van der Waals surface area (Å²) in [6.07, 6.45) is 8.83. The molecule has 1 N–H and O–H groups in total. The molecule has 4 fully saturated rings. The van der Waals surface area contributed by atoms with Crippen molar-refractivity contribution in [3.63, 3.8) is 0 Å². The number of rotatable bonds is 5. The number of ether oxygens (including phenoxy) is 1. The summed E-state index contributed by atoms with van der Waals surface area (Å²) in [6.45, 7) is 8.72. The maximum atomic E-state index is 16.3. The number of anilines is 1. The average Bonchev–Trinajstić information content (AvgIpc) is 3.54. The summed E-state index contributed by atoms with van der Waals surface area (Å²) in [5, 5.41) is 11.2. The lowest BCUT2D eigenvalue weighted by molar-refractivity contribution is 0.107. The van der Waals surface area contributed by atoms with Crippen LogP contribution in [0, 0.1) is 30.5 Å². The molecule has 1 aromatic carbocycles. The van der Waals surface area contributed by atoms with Crippen molar-refractivity contribution < 1.29 is 14.2 Å². The van der Waals surface area contributed by atoms with Crippen LogP contribution >= 0.6 is 0 Å². The van der Waals surface area contributed by atoms with E-state index < -0.39 is 5.82 Å².